The summed E-state index contributed by atoms with van der Waals surface area (Å²) in [6.07, 6.45) is 2.50. The van der Waals surface area contributed by atoms with Gasteiger partial charge in [-0.15, -0.1) is 12.4 Å². The van der Waals surface area contributed by atoms with Gasteiger partial charge < -0.3 is 10.4 Å². The Bertz CT molecular complexity index is 142. The van der Waals surface area contributed by atoms with Crippen molar-refractivity contribution in [3.05, 3.63) is 0 Å². The fourth-order valence-electron chi connectivity index (χ4n) is 1.92. The van der Waals surface area contributed by atoms with E-state index in [1.165, 1.54) is 12.8 Å². The van der Waals surface area contributed by atoms with Crippen LogP contribution in [-0.4, -0.2) is 23.8 Å². The van der Waals surface area contributed by atoms with E-state index in [0.717, 1.165) is 6.04 Å². The molecule has 2 rings (SSSR count). The second kappa shape index (κ2) is 2.36. The van der Waals surface area contributed by atoms with Crippen LogP contribution in [0.5, 0.6) is 0 Å². The third kappa shape index (κ3) is 1.04. The van der Waals surface area contributed by atoms with Gasteiger partial charge in [0.05, 0.1) is 6.61 Å². The Kier molecular flexibility index (Phi) is 1.96. The van der Waals surface area contributed by atoms with E-state index in [1.807, 2.05) is 0 Å². The molecule has 0 aromatic heterocycles. The molecule has 1 saturated heterocycles. The van der Waals surface area contributed by atoms with E-state index < -0.39 is 0 Å². The Morgan fingerprint density at radius 3 is 2.60 bits per heavy atom. The van der Waals surface area contributed by atoms with Crippen LogP contribution < -0.4 is 5.32 Å². The van der Waals surface area contributed by atoms with Crippen LogP contribution in [-0.2, 0) is 0 Å². The van der Waals surface area contributed by atoms with Gasteiger partial charge in [-0.1, -0.05) is 6.92 Å². The summed E-state index contributed by atoms with van der Waals surface area (Å²) in [5.41, 5.74) is 0.563. The minimum Gasteiger partial charge on any atom is -0.395 e. The quantitative estimate of drug-likeness (QED) is 0.592. The SMILES string of the molecule is CC12CC(CO)NC1C2.Cl. The Morgan fingerprint density at radius 2 is 2.30 bits per heavy atom. The van der Waals surface area contributed by atoms with Crippen molar-refractivity contribution in [2.75, 3.05) is 6.61 Å². The van der Waals surface area contributed by atoms with Gasteiger partial charge in [-0.2, -0.15) is 0 Å². The molecule has 0 aromatic carbocycles. The van der Waals surface area contributed by atoms with Gasteiger partial charge in [0.25, 0.3) is 0 Å². The van der Waals surface area contributed by atoms with Crippen LogP contribution in [0.15, 0.2) is 0 Å². The second-order valence-corrected chi connectivity index (χ2v) is 3.66. The predicted molar refractivity (Wildman–Crippen MR) is 42.4 cm³/mol. The highest BCUT2D eigenvalue weighted by Crippen LogP contribution is 2.53. The van der Waals surface area contributed by atoms with Gasteiger partial charge in [0.2, 0.25) is 0 Å². The molecule has 0 bridgehead atoms. The molecule has 2 fully saturated rings. The van der Waals surface area contributed by atoms with Crippen molar-refractivity contribution < 1.29 is 5.11 Å². The average Bonchev–Trinajstić information content (AvgIpc) is 2.33. The molecule has 1 aliphatic carbocycles. The van der Waals surface area contributed by atoms with Crippen LogP contribution in [0.1, 0.15) is 19.8 Å². The van der Waals surface area contributed by atoms with Crippen LogP contribution in [0.4, 0.5) is 0 Å². The summed E-state index contributed by atoms with van der Waals surface area (Å²) in [7, 11) is 0. The summed E-state index contributed by atoms with van der Waals surface area (Å²) in [5.74, 6) is 0. The molecule has 2 nitrogen and oxygen atoms in total. The number of piperidine rings is 1. The highest BCUT2D eigenvalue weighted by molar-refractivity contribution is 5.85. The number of hydrogen-bond acceptors (Lipinski definition) is 2. The van der Waals surface area contributed by atoms with Gasteiger partial charge in [0.1, 0.15) is 0 Å². The summed E-state index contributed by atoms with van der Waals surface area (Å²) >= 11 is 0. The van der Waals surface area contributed by atoms with Gasteiger partial charge in [0, 0.05) is 12.1 Å². The minimum atomic E-state index is 0. The predicted octanol–water partition coefficient (Wildman–Crippen LogP) is 0.541. The first-order valence-electron chi connectivity index (χ1n) is 3.61. The van der Waals surface area contributed by atoms with Crippen molar-refractivity contribution in [3.8, 4) is 0 Å². The molecule has 3 atom stereocenters. The van der Waals surface area contributed by atoms with Gasteiger partial charge in [0.15, 0.2) is 0 Å². The molecule has 3 unspecified atom stereocenters. The molecule has 3 heteroatoms. The number of fused-ring (bicyclic) bond motifs is 1. The monoisotopic (exact) mass is 163 g/mol. The van der Waals surface area contributed by atoms with E-state index >= 15 is 0 Å². The lowest BCUT2D eigenvalue weighted by Gasteiger charge is -2.09. The van der Waals surface area contributed by atoms with Crippen molar-refractivity contribution in [2.24, 2.45) is 5.41 Å². The van der Waals surface area contributed by atoms with E-state index in [1.54, 1.807) is 0 Å². The number of aliphatic hydroxyl groups is 1. The number of halogens is 1. The van der Waals surface area contributed by atoms with E-state index in [4.69, 9.17) is 5.11 Å². The Balaban J connectivity index is 0.000000500. The molecular formula is C7H14ClNO. The molecule has 2 aliphatic rings. The molecule has 10 heavy (non-hydrogen) atoms. The molecule has 1 aliphatic heterocycles. The molecule has 1 saturated carbocycles. The summed E-state index contributed by atoms with van der Waals surface area (Å²) in [4.78, 5) is 0. The van der Waals surface area contributed by atoms with E-state index in [9.17, 15) is 0 Å². The van der Waals surface area contributed by atoms with Gasteiger partial charge in [-0.3, -0.25) is 0 Å². The highest BCUT2D eigenvalue weighted by Gasteiger charge is 2.56. The lowest BCUT2D eigenvalue weighted by molar-refractivity contribution is 0.242. The zero-order chi connectivity index (χ0) is 6.48. The molecule has 1 heterocycles. The number of nitrogens with one attached hydrogen (secondary N) is 1. The third-order valence-corrected chi connectivity index (χ3v) is 2.72. The normalized spacial score (nSPS) is 49.8. The van der Waals surface area contributed by atoms with Crippen LogP contribution in [0, 0.1) is 5.41 Å². The first kappa shape index (κ1) is 8.31. The number of rotatable bonds is 1. The zero-order valence-electron chi connectivity index (χ0n) is 6.13. The molecular weight excluding hydrogens is 150 g/mol. The van der Waals surface area contributed by atoms with E-state index in [-0.39, 0.29) is 12.4 Å². The Hall–Kier alpha value is 0.210. The fraction of sp³-hybridized carbons (Fsp3) is 1.00. The topological polar surface area (TPSA) is 32.3 Å². The minimum absolute atomic E-state index is 0. The fourth-order valence-corrected chi connectivity index (χ4v) is 1.92. The maximum absolute atomic E-state index is 8.76. The summed E-state index contributed by atoms with van der Waals surface area (Å²) in [6.45, 7) is 2.60. The third-order valence-electron chi connectivity index (χ3n) is 2.72. The molecule has 0 radical (unpaired) electrons. The van der Waals surface area contributed by atoms with Crippen molar-refractivity contribution in [2.45, 2.75) is 31.8 Å². The first-order valence-corrected chi connectivity index (χ1v) is 3.61. The van der Waals surface area contributed by atoms with Crippen LogP contribution in [0.25, 0.3) is 0 Å². The zero-order valence-corrected chi connectivity index (χ0v) is 6.95. The molecule has 60 valence electrons. The smallest absolute Gasteiger partial charge is 0.0584 e. The highest BCUT2D eigenvalue weighted by atomic mass is 35.5. The number of aliphatic hydroxyl groups excluding tert-OH is 1. The maximum atomic E-state index is 8.76. The van der Waals surface area contributed by atoms with Crippen LogP contribution in [0.3, 0.4) is 0 Å². The summed E-state index contributed by atoms with van der Waals surface area (Å²) in [5, 5.41) is 12.1. The lowest BCUT2D eigenvalue weighted by atomic mass is 10.0. The van der Waals surface area contributed by atoms with Crippen LogP contribution >= 0.6 is 12.4 Å². The van der Waals surface area contributed by atoms with Gasteiger partial charge >= 0.3 is 0 Å². The van der Waals surface area contributed by atoms with E-state index in [2.05, 4.69) is 12.2 Å². The van der Waals surface area contributed by atoms with Crippen LogP contribution in [0.2, 0.25) is 0 Å². The maximum Gasteiger partial charge on any atom is 0.0584 e. The number of hydrogen-bond donors (Lipinski definition) is 2. The summed E-state index contributed by atoms with van der Waals surface area (Å²) in [6, 6.07) is 1.13. The largest absolute Gasteiger partial charge is 0.395 e. The molecule has 0 aromatic rings. The van der Waals surface area contributed by atoms with Gasteiger partial charge in [-0.05, 0) is 18.3 Å². The molecule has 2 N–H and O–H groups in total. The van der Waals surface area contributed by atoms with Crippen molar-refractivity contribution in [1.82, 2.24) is 5.32 Å². The second-order valence-electron chi connectivity index (χ2n) is 3.66. The molecule has 0 amide bonds. The Morgan fingerprint density at radius 1 is 1.60 bits per heavy atom. The van der Waals surface area contributed by atoms with E-state index in [0.29, 0.717) is 18.1 Å². The first-order chi connectivity index (χ1) is 4.24. The van der Waals surface area contributed by atoms with Gasteiger partial charge in [-0.25, -0.2) is 0 Å². The van der Waals surface area contributed by atoms with Crippen molar-refractivity contribution >= 4 is 12.4 Å². The average molecular weight is 164 g/mol. The lowest BCUT2D eigenvalue weighted by Crippen LogP contribution is -2.28. The van der Waals surface area contributed by atoms with Crippen molar-refractivity contribution in [1.29, 1.82) is 0 Å². The standard InChI is InChI=1S/C7H13NO.ClH/c1-7-2-5(4-9)8-6(7)3-7;/h5-6,8-9H,2-4H2,1H3;1H. The Labute approximate surface area is 67.4 Å². The summed E-state index contributed by atoms with van der Waals surface area (Å²) < 4.78 is 0. The molecule has 0 spiro atoms. The van der Waals surface area contributed by atoms with Crippen molar-refractivity contribution in [3.63, 3.8) is 0 Å².